The average molecular weight is 456 g/mol. The van der Waals surface area contributed by atoms with Gasteiger partial charge in [0, 0.05) is 36.6 Å². The molecule has 2 heterocycles. The number of aromatic nitrogens is 4. The summed E-state index contributed by atoms with van der Waals surface area (Å²) in [7, 11) is 1.79. The third-order valence-electron chi connectivity index (χ3n) is 4.73. The zero-order valence-electron chi connectivity index (χ0n) is 17.8. The normalized spacial score (nSPS) is 10.9. The number of nitrogens with zero attached hydrogens (tertiary/aromatic N) is 4. The predicted molar refractivity (Wildman–Crippen MR) is 113 cm³/mol. The van der Waals surface area contributed by atoms with Crippen LogP contribution in [0.3, 0.4) is 0 Å². The van der Waals surface area contributed by atoms with E-state index in [1.165, 1.54) is 22.8 Å². The van der Waals surface area contributed by atoms with Gasteiger partial charge in [-0.2, -0.15) is 10.1 Å². The molecule has 0 bridgehead atoms. The maximum absolute atomic E-state index is 14.4. The number of hydrogen-bond acceptors (Lipinski definition) is 5. The lowest BCUT2D eigenvalue weighted by Crippen LogP contribution is -2.24. The van der Waals surface area contributed by atoms with E-state index >= 15 is 0 Å². The summed E-state index contributed by atoms with van der Waals surface area (Å²) in [5.74, 6) is -2.88. The van der Waals surface area contributed by atoms with Crippen LogP contribution in [-0.2, 0) is 20.2 Å². The first-order chi connectivity index (χ1) is 15.8. The van der Waals surface area contributed by atoms with Crippen molar-refractivity contribution in [2.24, 2.45) is 7.05 Å². The summed E-state index contributed by atoms with van der Waals surface area (Å²) < 4.78 is 54.7. The first-order valence-corrected chi connectivity index (χ1v) is 9.88. The van der Waals surface area contributed by atoms with E-state index < -0.39 is 23.1 Å². The van der Waals surface area contributed by atoms with Gasteiger partial charge >= 0.3 is 5.69 Å². The molecule has 0 atom stereocenters. The number of benzene rings is 2. The van der Waals surface area contributed by atoms with E-state index in [2.05, 4.69) is 10.1 Å². The first-order valence-electron chi connectivity index (χ1n) is 9.88. The summed E-state index contributed by atoms with van der Waals surface area (Å²) in [5.41, 5.74) is 1.47. The van der Waals surface area contributed by atoms with E-state index in [1.54, 1.807) is 43.3 Å². The Kier molecular flexibility index (Phi) is 6.16. The van der Waals surface area contributed by atoms with E-state index in [1.807, 2.05) is 0 Å². The van der Waals surface area contributed by atoms with E-state index in [9.17, 15) is 18.0 Å². The zero-order valence-corrected chi connectivity index (χ0v) is 17.8. The molecule has 0 amide bonds. The molecule has 10 heteroatoms. The van der Waals surface area contributed by atoms with Crippen LogP contribution in [0.4, 0.5) is 13.2 Å². The molecule has 7 nitrogen and oxygen atoms in total. The molecular weight excluding hydrogens is 437 g/mol. The van der Waals surface area contributed by atoms with Gasteiger partial charge in [0.05, 0.1) is 12.7 Å². The van der Waals surface area contributed by atoms with Gasteiger partial charge in [-0.1, -0.05) is 6.07 Å². The quantitative estimate of drug-likeness (QED) is 0.418. The molecular formula is C23H19F3N4O3. The Balaban J connectivity index is 1.43. The standard InChI is InChI=1S/C23H19F3N4O3/c1-14-10-30(12-16-9-27-29(2)11-16)23(31)28-22(14)32-13-15-3-6-21(20(26)7-15)33-17-4-5-18(24)19(25)8-17/h3-11H,12-13H2,1-2H3. The van der Waals surface area contributed by atoms with E-state index in [0.717, 1.165) is 17.7 Å². The first kappa shape index (κ1) is 22.1. The second-order valence-electron chi connectivity index (χ2n) is 7.39. The molecule has 33 heavy (non-hydrogen) atoms. The van der Waals surface area contributed by atoms with Crippen molar-refractivity contribution in [3.8, 4) is 17.4 Å². The molecule has 0 N–H and O–H groups in total. The summed E-state index contributed by atoms with van der Waals surface area (Å²) in [4.78, 5) is 16.3. The van der Waals surface area contributed by atoms with Crippen molar-refractivity contribution in [2.45, 2.75) is 20.1 Å². The Hall–Kier alpha value is -4.08. The maximum Gasteiger partial charge on any atom is 0.351 e. The van der Waals surface area contributed by atoms with E-state index in [0.29, 0.717) is 17.7 Å². The van der Waals surface area contributed by atoms with Crippen molar-refractivity contribution in [1.82, 2.24) is 19.3 Å². The van der Waals surface area contributed by atoms with Gasteiger partial charge in [-0.25, -0.2) is 18.0 Å². The molecule has 0 unspecified atom stereocenters. The van der Waals surface area contributed by atoms with Crippen LogP contribution in [-0.4, -0.2) is 19.3 Å². The van der Waals surface area contributed by atoms with Crippen molar-refractivity contribution < 1.29 is 22.6 Å². The van der Waals surface area contributed by atoms with Gasteiger partial charge in [-0.05, 0) is 36.8 Å². The molecule has 0 spiro atoms. The third-order valence-corrected chi connectivity index (χ3v) is 4.73. The molecule has 0 fully saturated rings. The maximum atomic E-state index is 14.4. The van der Waals surface area contributed by atoms with Crippen LogP contribution < -0.4 is 15.2 Å². The second kappa shape index (κ2) is 9.19. The Morgan fingerprint density at radius 2 is 1.79 bits per heavy atom. The van der Waals surface area contributed by atoms with Gasteiger partial charge in [-0.3, -0.25) is 9.25 Å². The van der Waals surface area contributed by atoms with Gasteiger partial charge < -0.3 is 9.47 Å². The lowest BCUT2D eigenvalue weighted by atomic mass is 10.2. The van der Waals surface area contributed by atoms with Gasteiger partial charge in [0.25, 0.3) is 0 Å². The number of halogens is 3. The highest BCUT2D eigenvalue weighted by Crippen LogP contribution is 2.27. The number of hydrogen-bond donors (Lipinski definition) is 0. The second-order valence-corrected chi connectivity index (χ2v) is 7.39. The van der Waals surface area contributed by atoms with Crippen LogP contribution in [0.5, 0.6) is 17.4 Å². The molecule has 0 aliphatic carbocycles. The minimum absolute atomic E-state index is 0.0385. The van der Waals surface area contributed by atoms with Crippen LogP contribution >= 0.6 is 0 Å². The lowest BCUT2D eigenvalue weighted by Gasteiger charge is -2.12. The molecule has 2 aromatic heterocycles. The van der Waals surface area contributed by atoms with Gasteiger partial charge in [0.1, 0.15) is 12.4 Å². The van der Waals surface area contributed by atoms with E-state index in [4.69, 9.17) is 9.47 Å². The van der Waals surface area contributed by atoms with Gasteiger partial charge in [-0.15, -0.1) is 0 Å². The van der Waals surface area contributed by atoms with Gasteiger partial charge in [0.15, 0.2) is 23.2 Å². The molecule has 0 saturated carbocycles. The topological polar surface area (TPSA) is 71.2 Å². The molecule has 4 aromatic rings. The predicted octanol–water partition coefficient (Wildman–Crippen LogP) is 4.12. The van der Waals surface area contributed by atoms with Crippen LogP contribution in [0, 0.1) is 24.4 Å². The minimum atomic E-state index is -1.09. The van der Waals surface area contributed by atoms with Crippen molar-refractivity contribution in [3.63, 3.8) is 0 Å². The summed E-state index contributed by atoms with van der Waals surface area (Å²) in [6, 6.07) is 7.01. The van der Waals surface area contributed by atoms with E-state index in [-0.39, 0.29) is 24.0 Å². The van der Waals surface area contributed by atoms with Crippen LogP contribution in [0.1, 0.15) is 16.7 Å². The molecule has 0 radical (unpaired) electrons. The average Bonchev–Trinajstić information content (AvgIpc) is 3.18. The lowest BCUT2D eigenvalue weighted by molar-refractivity contribution is 0.287. The fourth-order valence-electron chi connectivity index (χ4n) is 3.13. The fraction of sp³-hybridized carbons (Fsp3) is 0.174. The van der Waals surface area contributed by atoms with Crippen molar-refractivity contribution in [3.05, 3.63) is 99.6 Å². The highest BCUT2D eigenvalue weighted by molar-refractivity contribution is 5.35. The van der Waals surface area contributed by atoms with Crippen molar-refractivity contribution in [1.29, 1.82) is 0 Å². The Morgan fingerprint density at radius 1 is 0.970 bits per heavy atom. The van der Waals surface area contributed by atoms with Crippen molar-refractivity contribution >= 4 is 0 Å². The van der Waals surface area contributed by atoms with Gasteiger partial charge in [0.2, 0.25) is 5.88 Å². The SMILES string of the molecule is Cc1cn(Cc2cnn(C)c2)c(=O)nc1OCc1ccc(Oc2ccc(F)c(F)c2)c(F)c1. The summed E-state index contributed by atoms with van der Waals surface area (Å²) in [6.45, 7) is 2.04. The Bertz CT molecular complexity index is 1370. The number of rotatable bonds is 7. The molecule has 0 saturated heterocycles. The van der Waals surface area contributed by atoms with Crippen LogP contribution in [0.25, 0.3) is 0 Å². The van der Waals surface area contributed by atoms with Crippen LogP contribution in [0.15, 0.2) is 59.8 Å². The van der Waals surface area contributed by atoms with Crippen molar-refractivity contribution in [2.75, 3.05) is 0 Å². The highest BCUT2D eigenvalue weighted by Gasteiger charge is 2.11. The summed E-state index contributed by atoms with van der Waals surface area (Å²) in [5, 5.41) is 4.07. The third kappa shape index (κ3) is 5.22. The minimum Gasteiger partial charge on any atom is -0.472 e. The molecule has 4 rings (SSSR count). The Morgan fingerprint density at radius 3 is 2.48 bits per heavy atom. The van der Waals surface area contributed by atoms with Crippen LogP contribution in [0.2, 0.25) is 0 Å². The summed E-state index contributed by atoms with van der Waals surface area (Å²) in [6.07, 6.45) is 5.11. The number of ether oxygens (including phenoxy) is 2. The Labute approximate surface area is 186 Å². The number of aryl methyl sites for hydroxylation is 2. The molecule has 0 aliphatic rings. The monoisotopic (exact) mass is 456 g/mol. The highest BCUT2D eigenvalue weighted by atomic mass is 19.2. The molecule has 2 aromatic carbocycles. The molecule has 0 aliphatic heterocycles. The smallest absolute Gasteiger partial charge is 0.351 e. The molecule has 170 valence electrons. The zero-order chi connectivity index (χ0) is 23.5. The fourth-order valence-corrected chi connectivity index (χ4v) is 3.13. The summed E-state index contributed by atoms with van der Waals surface area (Å²) >= 11 is 0. The largest absolute Gasteiger partial charge is 0.472 e.